The molecule has 0 aliphatic carbocycles. The van der Waals surface area contributed by atoms with Crippen LogP contribution in [0.1, 0.15) is 44.1 Å². The number of aromatic nitrogens is 1. The summed E-state index contributed by atoms with van der Waals surface area (Å²) in [6, 6.07) is 7.99. The number of rotatable bonds is 3. The van der Waals surface area contributed by atoms with E-state index in [0.717, 1.165) is 28.2 Å². The number of para-hydroxylation sites is 1. The van der Waals surface area contributed by atoms with Crippen LogP contribution >= 0.6 is 15.9 Å². The third-order valence-corrected chi connectivity index (χ3v) is 5.89. The molecule has 6 nitrogen and oxygen atoms in total. The minimum atomic E-state index is -0.494. The number of aryl methyl sites for hydroxylation is 1. The monoisotopic (exact) mass is 449 g/mol. The predicted octanol–water partition coefficient (Wildman–Crippen LogP) is 4.32. The predicted molar refractivity (Wildman–Crippen MR) is 113 cm³/mol. The van der Waals surface area contributed by atoms with Gasteiger partial charge in [0.15, 0.2) is 0 Å². The van der Waals surface area contributed by atoms with E-state index in [1.165, 1.54) is 0 Å². The van der Waals surface area contributed by atoms with E-state index in [2.05, 4.69) is 21.2 Å². The first-order chi connectivity index (χ1) is 13.2. The van der Waals surface area contributed by atoms with Gasteiger partial charge in [-0.2, -0.15) is 0 Å². The third-order valence-electron chi connectivity index (χ3n) is 5.08. The van der Waals surface area contributed by atoms with Crippen molar-refractivity contribution < 1.29 is 14.3 Å². The molecule has 0 bridgehead atoms. The molecule has 1 N–H and O–H groups in total. The standard InChI is InChI=1S/C21H28BrN3O3/c1-21(2,3)28-20(27)23-13-14-9-11-25(12-10-14)19(26)18-17(22)15-7-5-6-8-16(15)24(18)4/h5-8,14H,9-13H2,1-4H3,(H,23,27). The second-order valence-corrected chi connectivity index (χ2v) is 9.15. The van der Waals surface area contributed by atoms with Gasteiger partial charge in [0.25, 0.3) is 5.91 Å². The largest absolute Gasteiger partial charge is 0.444 e. The van der Waals surface area contributed by atoms with Gasteiger partial charge in [-0.25, -0.2) is 4.79 Å². The van der Waals surface area contributed by atoms with Crippen molar-refractivity contribution in [2.45, 2.75) is 39.2 Å². The fourth-order valence-electron chi connectivity index (χ4n) is 3.62. The van der Waals surface area contributed by atoms with E-state index in [0.29, 0.717) is 31.2 Å². The van der Waals surface area contributed by atoms with Gasteiger partial charge in [0.2, 0.25) is 0 Å². The van der Waals surface area contributed by atoms with E-state index in [4.69, 9.17) is 4.74 Å². The van der Waals surface area contributed by atoms with E-state index in [1.54, 1.807) is 0 Å². The maximum Gasteiger partial charge on any atom is 0.407 e. The number of ether oxygens (including phenoxy) is 1. The Bertz CT molecular complexity index is 838. The van der Waals surface area contributed by atoms with Crippen molar-refractivity contribution in [2.75, 3.05) is 19.6 Å². The van der Waals surface area contributed by atoms with E-state index in [1.807, 2.05) is 61.6 Å². The maximum absolute atomic E-state index is 13.1. The van der Waals surface area contributed by atoms with Gasteiger partial charge in [-0.15, -0.1) is 0 Å². The maximum atomic E-state index is 13.1. The Hall–Kier alpha value is -2.02. The highest BCUT2D eigenvalue weighted by Crippen LogP contribution is 2.31. The fraction of sp³-hybridized carbons (Fsp3) is 0.524. The molecule has 0 unspecified atom stereocenters. The normalized spacial score (nSPS) is 15.7. The third kappa shape index (κ3) is 4.51. The summed E-state index contributed by atoms with van der Waals surface area (Å²) in [4.78, 5) is 26.8. The summed E-state index contributed by atoms with van der Waals surface area (Å²) in [7, 11) is 1.93. The van der Waals surface area contributed by atoms with Crippen molar-refractivity contribution in [2.24, 2.45) is 13.0 Å². The number of nitrogens with one attached hydrogen (secondary N) is 1. The highest BCUT2D eigenvalue weighted by atomic mass is 79.9. The average molecular weight is 450 g/mol. The van der Waals surface area contributed by atoms with Crippen LogP contribution in [0.15, 0.2) is 28.7 Å². The van der Waals surface area contributed by atoms with Gasteiger partial charge >= 0.3 is 6.09 Å². The summed E-state index contributed by atoms with van der Waals surface area (Å²) < 4.78 is 8.09. The van der Waals surface area contributed by atoms with Gasteiger partial charge in [0, 0.05) is 37.6 Å². The van der Waals surface area contributed by atoms with Crippen LogP contribution in [0.25, 0.3) is 10.9 Å². The van der Waals surface area contributed by atoms with Crippen molar-refractivity contribution in [3.63, 3.8) is 0 Å². The molecule has 2 amide bonds. The van der Waals surface area contributed by atoms with Crippen LogP contribution in [0.5, 0.6) is 0 Å². The van der Waals surface area contributed by atoms with Crippen LogP contribution in [-0.4, -0.2) is 46.7 Å². The number of alkyl carbamates (subject to hydrolysis) is 1. The smallest absolute Gasteiger partial charge is 0.407 e. The second-order valence-electron chi connectivity index (χ2n) is 8.36. The van der Waals surface area contributed by atoms with Crippen LogP contribution in [0.4, 0.5) is 4.79 Å². The Morgan fingerprint density at radius 2 is 1.86 bits per heavy atom. The van der Waals surface area contributed by atoms with E-state index in [-0.39, 0.29) is 12.0 Å². The van der Waals surface area contributed by atoms with Crippen LogP contribution in [0, 0.1) is 5.92 Å². The van der Waals surface area contributed by atoms with Crippen LogP contribution in [0.2, 0.25) is 0 Å². The molecule has 2 aromatic rings. The Labute approximate surface area is 174 Å². The molecule has 152 valence electrons. The zero-order valence-electron chi connectivity index (χ0n) is 16.9. The lowest BCUT2D eigenvalue weighted by atomic mass is 9.96. The number of halogens is 1. The molecule has 0 saturated carbocycles. The molecule has 0 spiro atoms. The first kappa shape index (κ1) is 20.7. The number of piperidine rings is 1. The molecule has 3 rings (SSSR count). The van der Waals surface area contributed by atoms with Gasteiger partial charge in [-0.3, -0.25) is 4.79 Å². The van der Waals surface area contributed by atoms with Crippen LogP contribution in [-0.2, 0) is 11.8 Å². The van der Waals surface area contributed by atoms with Crippen LogP contribution in [0.3, 0.4) is 0 Å². The first-order valence-corrected chi connectivity index (χ1v) is 10.5. The summed E-state index contributed by atoms with van der Waals surface area (Å²) in [6.07, 6.45) is 1.34. The Morgan fingerprint density at radius 1 is 1.21 bits per heavy atom. The molecule has 1 aromatic heterocycles. The summed E-state index contributed by atoms with van der Waals surface area (Å²) in [5.41, 5.74) is 1.23. The number of likely N-dealkylation sites (tertiary alicyclic amines) is 1. The highest BCUT2D eigenvalue weighted by Gasteiger charge is 2.28. The number of amides is 2. The Balaban J connectivity index is 1.58. The van der Waals surface area contributed by atoms with Gasteiger partial charge < -0.3 is 19.5 Å². The summed E-state index contributed by atoms with van der Waals surface area (Å²) in [5, 5.41) is 3.89. The van der Waals surface area contributed by atoms with E-state index < -0.39 is 5.60 Å². The summed E-state index contributed by atoms with van der Waals surface area (Å²) in [5.74, 6) is 0.400. The molecule has 0 atom stereocenters. The van der Waals surface area contributed by atoms with E-state index in [9.17, 15) is 9.59 Å². The highest BCUT2D eigenvalue weighted by molar-refractivity contribution is 9.10. The Morgan fingerprint density at radius 3 is 2.46 bits per heavy atom. The molecule has 7 heteroatoms. The zero-order chi connectivity index (χ0) is 20.5. The van der Waals surface area contributed by atoms with Crippen molar-refractivity contribution in [3.05, 3.63) is 34.4 Å². The van der Waals surface area contributed by atoms with Gasteiger partial charge in [-0.1, -0.05) is 18.2 Å². The van der Waals surface area contributed by atoms with Crippen molar-refractivity contribution in [3.8, 4) is 0 Å². The topological polar surface area (TPSA) is 63.6 Å². The average Bonchev–Trinajstić information content (AvgIpc) is 2.90. The number of hydrogen-bond donors (Lipinski definition) is 1. The second kappa shape index (κ2) is 8.15. The number of benzene rings is 1. The molecule has 1 saturated heterocycles. The lowest BCUT2D eigenvalue weighted by molar-refractivity contribution is 0.0499. The van der Waals surface area contributed by atoms with E-state index >= 15 is 0 Å². The van der Waals surface area contributed by atoms with Crippen molar-refractivity contribution in [1.82, 2.24) is 14.8 Å². The molecule has 28 heavy (non-hydrogen) atoms. The number of hydrogen-bond acceptors (Lipinski definition) is 3. The number of carbonyl (C=O) groups excluding carboxylic acids is 2. The van der Waals surface area contributed by atoms with Crippen molar-refractivity contribution in [1.29, 1.82) is 0 Å². The minimum Gasteiger partial charge on any atom is -0.444 e. The Kier molecular flexibility index (Phi) is 6.03. The molecule has 1 aliphatic rings. The summed E-state index contributed by atoms with van der Waals surface area (Å²) in [6.45, 7) is 7.50. The molecular formula is C21H28BrN3O3. The molecule has 1 aliphatic heterocycles. The zero-order valence-corrected chi connectivity index (χ0v) is 18.5. The quantitative estimate of drug-likeness (QED) is 0.758. The number of carbonyl (C=O) groups is 2. The lowest BCUT2D eigenvalue weighted by Crippen LogP contribution is -2.42. The lowest BCUT2D eigenvalue weighted by Gasteiger charge is -2.32. The van der Waals surface area contributed by atoms with Crippen molar-refractivity contribution >= 4 is 38.8 Å². The van der Waals surface area contributed by atoms with Crippen LogP contribution < -0.4 is 5.32 Å². The molecular weight excluding hydrogens is 422 g/mol. The fourth-order valence-corrected chi connectivity index (χ4v) is 4.39. The minimum absolute atomic E-state index is 0.0455. The molecule has 1 fully saturated rings. The van der Waals surface area contributed by atoms with Gasteiger partial charge in [-0.05, 0) is 61.5 Å². The molecule has 0 radical (unpaired) electrons. The molecule has 2 heterocycles. The molecule has 1 aromatic carbocycles. The van der Waals surface area contributed by atoms with Gasteiger partial charge in [0.05, 0.1) is 4.47 Å². The SMILES string of the molecule is Cn1c(C(=O)N2CCC(CNC(=O)OC(C)(C)C)CC2)c(Br)c2ccccc21. The van der Waals surface area contributed by atoms with Gasteiger partial charge in [0.1, 0.15) is 11.3 Å². The summed E-state index contributed by atoms with van der Waals surface area (Å²) >= 11 is 3.62. The number of nitrogens with zero attached hydrogens (tertiary/aromatic N) is 2. The first-order valence-electron chi connectivity index (χ1n) is 9.66. The number of fused-ring (bicyclic) bond motifs is 1.